The maximum Gasteiger partial charge on any atom is 0.462 e. The maximum atomic E-state index is 14.9. The Morgan fingerprint density at radius 3 is 2.51 bits per heavy atom. The Labute approximate surface area is 251 Å². The second-order valence-electron chi connectivity index (χ2n) is 11.2. The van der Waals surface area contributed by atoms with E-state index in [0.29, 0.717) is 57.4 Å². The average molecular weight is 630 g/mol. The molecule has 2 amide bonds. The zero-order chi connectivity index (χ0) is 30.6. The highest BCUT2D eigenvalue weighted by atomic mass is 35.5. The van der Waals surface area contributed by atoms with Crippen LogP contribution in [0.3, 0.4) is 0 Å². The topological polar surface area (TPSA) is 92.5 Å². The van der Waals surface area contributed by atoms with Crippen molar-refractivity contribution in [1.82, 2.24) is 5.32 Å². The largest absolute Gasteiger partial charge is 0.462 e. The molecule has 1 aliphatic carbocycles. The van der Waals surface area contributed by atoms with E-state index in [1.807, 2.05) is 0 Å². The molecular formula is C29H34ClF4N4O5+. The van der Waals surface area contributed by atoms with Crippen LogP contribution in [0.5, 0.6) is 0 Å². The predicted octanol–water partition coefficient (Wildman–Crippen LogP) is 4.18. The van der Waals surface area contributed by atoms with E-state index in [1.165, 1.54) is 27.9 Å². The Bertz CT molecular complexity index is 1270. The average Bonchev–Trinajstić information content (AvgIpc) is 3.00. The first-order chi connectivity index (χ1) is 20.5. The van der Waals surface area contributed by atoms with Gasteiger partial charge in [-0.1, -0.05) is 11.6 Å². The molecule has 2 saturated heterocycles. The van der Waals surface area contributed by atoms with Crippen LogP contribution in [0.4, 0.5) is 23.2 Å². The molecule has 1 N–H and O–H groups in total. The molecule has 3 aliphatic heterocycles. The number of hydrogen-bond acceptors (Lipinski definition) is 7. The summed E-state index contributed by atoms with van der Waals surface area (Å²) in [6.45, 7) is 1.12. The standard InChI is InChI=1S/C29H33ClF4N4O5/c30-25-23(35-17-28(31)10-1-11-42-18-28)14-36-37(27(25)40)15-19-2-6-21(7-3-19)38(26(39)24-16-41-12-13-43-24)22-8-4-20(5-9-22)29(32,33)34/h4-5,8-9,14-15,19,21,24H,1-3,6-7,10-13,16-18H2/p+1/b37-15+/t19?,21?,24-,28+/m1/s1. The van der Waals surface area contributed by atoms with Crippen LogP contribution in [0.2, 0.25) is 0 Å². The lowest BCUT2D eigenvalue weighted by Gasteiger charge is -2.38. The zero-order valence-electron chi connectivity index (χ0n) is 23.5. The first-order valence-corrected chi connectivity index (χ1v) is 14.7. The summed E-state index contributed by atoms with van der Waals surface area (Å²) in [5, 5.41) is 6.98. The number of hydrogen-bond donors (Lipinski definition) is 1. The number of rotatable bonds is 7. The number of ether oxygens (including phenoxy) is 3. The fraction of sp³-hybridized carbons (Fsp3) is 0.586. The van der Waals surface area contributed by atoms with Crippen molar-refractivity contribution in [1.29, 1.82) is 0 Å². The summed E-state index contributed by atoms with van der Waals surface area (Å²) in [6.07, 6.45) is 0.928. The number of nitrogens with zero attached hydrogens (tertiary/aromatic N) is 3. The van der Waals surface area contributed by atoms with Crippen molar-refractivity contribution in [2.75, 3.05) is 44.5 Å². The second-order valence-corrected chi connectivity index (χ2v) is 11.6. The van der Waals surface area contributed by atoms with Crippen LogP contribution in [0.25, 0.3) is 0 Å². The van der Waals surface area contributed by atoms with Crippen LogP contribution >= 0.6 is 11.6 Å². The molecule has 14 heteroatoms. The monoisotopic (exact) mass is 629 g/mol. The minimum atomic E-state index is -4.50. The van der Waals surface area contributed by atoms with Crippen molar-refractivity contribution < 1.29 is 46.0 Å². The lowest BCUT2D eigenvalue weighted by atomic mass is 9.85. The van der Waals surface area contributed by atoms with Crippen molar-refractivity contribution >= 4 is 41.5 Å². The second kappa shape index (κ2) is 13.4. The van der Waals surface area contributed by atoms with E-state index in [1.54, 1.807) is 6.21 Å². The minimum absolute atomic E-state index is 0.0259. The van der Waals surface area contributed by atoms with E-state index >= 15 is 0 Å². The van der Waals surface area contributed by atoms with Gasteiger partial charge in [0.2, 0.25) is 0 Å². The Kier molecular flexibility index (Phi) is 9.84. The van der Waals surface area contributed by atoms with Gasteiger partial charge in [-0.15, -0.1) is 0 Å². The number of alkyl halides is 4. The number of nitrogens with one attached hydrogen (secondary N) is 1. The van der Waals surface area contributed by atoms with Crippen LogP contribution in [-0.2, 0) is 30.0 Å². The number of carbonyl (C=O) groups excluding carboxylic acids is 2. The third-order valence-electron chi connectivity index (χ3n) is 8.07. The molecule has 3 heterocycles. The number of hydrazone groups is 1. The van der Waals surface area contributed by atoms with E-state index in [4.69, 9.17) is 25.8 Å². The molecule has 0 radical (unpaired) electrons. The summed E-state index contributed by atoms with van der Waals surface area (Å²) in [5.41, 5.74) is -1.76. The van der Waals surface area contributed by atoms with E-state index < -0.39 is 29.4 Å². The fourth-order valence-electron chi connectivity index (χ4n) is 5.71. The SMILES string of the molecule is O=C([C@H]1COCCO1)N(c1ccc(C(F)(F)F)cc1)C1CCC(/C=[N+]2/N=CC(NC[C@@]3(F)CCCOC3)=C(Cl)C2=O)CC1. The Morgan fingerprint density at radius 2 is 1.88 bits per heavy atom. The first-order valence-electron chi connectivity index (χ1n) is 14.4. The van der Waals surface area contributed by atoms with Gasteiger partial charge in [-0.2, -0.15) is 13.2 Å². The Hall–Kier alpha value is -2.87. The van der Waals surface area contributed by atoms with Gasteiger partial charge in [0.05, 0.1) is 44.2 Å². The van der Waals surface area contributed by atoms with E-state index in [9.17, 15) is 27.2 Å². The molecule has 3 fully saturated rings. The summed E-state index contributed by atoms with van der Waals surface area (Å²) in [4.78, 5) is 28.0. The van der Waals surface area contributed by atoms with Gasteiger partial charge < -0.3 is 24.4 Å². The smallest absolute Gasteiger partial charge is 0.379 e. The molecule has 1 aromatic rings. The third kappa shape index (κ3) is 7.62. The molecule has 234 valence electrons. The summed E-state index contributed by atoms with van der Waals surface area (Å²) >= 11 is 6.31. The quantitative estimate of drug-likeness (QED) is 0.360. The van der Waals surface area contributed by atoms with E-state index in [0.717, 1.165) is 12.1 Å². The molecule has 4 aliphatic rings. The van der Waals surface area contributed by atoms with Gasteiger partial charge >= 0.3 is 12.1 Å². The Balaban J connectivity index is 1.24. The number of carbonyl (C=O) groups is 2. The number of amides is 2. The minimum Gasteiger partial charge on any atom is -0.379 e. The Morgan fingerprint density at radius 1 is 1.14 bits per heavy atom. The molecule has 0 bridgehead atoms. The van der Waals surface area contributed by atoms with Crippen molar-refractivity contribution in [3.05, 3.63) is 40.6 Å². The molecule has 1 aromatic carbocycles. The molecule has 0 unspecified atom stereocenters. The molecule has 5 rings (SSSR count). The summed E-state index contributed by atoms with van der Waals surface area (Å²) in [7, 11) is 0. The van der Waals surface area contributed by atoms with Gasteiger partial charge in [-0.3, -0.25) is 4.79 Å². The third-order valence-corrected chi connectivity index (χ3v) is 8.44. The fourth-order valence-corrected chi connectivity index (χ4v) is 5.91. The van der Waals surface area contributed by atoms with Gasteiger partial charge in [0.1, 0.15) is 6.21 Å². The zero-order valence-corrected chi connectivity index (χ0v) is 24.2. The number of allylic oxidation sites excluding steroid dienone is 1. The molecule has 9 nitrogen and oxygen atoms in total. The number of benzene rings is 1. The molecule has 43 heavy (non-hydrogen) atoms. The van der Waals surface area contributed by atoms with Crippen molar-refractivity contribution in [3.63, 3.8) is 0 Å². The van der Waals surface area contributed by atoms with Crippen LogP contribution in [0, 0.1) is 5.92 Å². The van der Waals surface area contributed by atoms with Crippen molar-refractivity contribution in [3.8, 4) is 0 Å². The predicted molar refractivity (Wildman–Crippen MR) is 150 cm³/mol. The summed E-state index contributed by atoms with van der Waals surface area (Å²) < 4.78 is 71.8. The lowest BCUT2D eigenvalue weighted by molar-refractivity contribution is -0.447. The summed E-state index contributed by atoms with van der Waals surface area (Å²) in [5.74, 6) is -0.976. The highest BCUT2D eigenvalue weighted by Crippen LogP contribution is 2.34. The van der Waals surface area contributed by atoms with E-state index in [-0.39, 0.29) is 55.0 Å². The van der Waals surface area contributed by atoms with Crippen LogP contribution in [0.15, 0.2) is 40.1 Å². The maximum absolute atomic E-state index is 14.9. The van der Waals surface area contributed by atoms with Gasteiger partial charge in [0.25, 0.3) is 5.91 Å². The van der Waals surface area contributed by atoms with Crippen LogP contribution in [-0.4, -0.2) is 86.3 Å². The molecule has 1 saturated carbocycles. The van der Waals surface area contributed by atoms with Crippen molar-refractivity contribution in [2.45, 2.75) is 62.5 Å². The molecule has 0 aromatic heterocycles. The highest BCUT2D eigenvalue weighted by Gasteiger charge is 2.39. The molecular weight excluding hydrogens is 596 g/mol. The van der Waals surface area contributed by atoms with Gasteiger partial charge in [-0.05, 0) is 67.5 Å². The number of halogens is 5. The van der Waals surface area contributed by atoms with Crippen molar-refractivity contribution in [2.24, 2.45) is 11.0 Å². The van der Waals surface area contributed by atoms with Gasteiger partial charge in [-0.25, -0.2) is 9.18 Å². The number of anilines is 1. The van der Waals surface area contributed by atoms with Crippen LogP contribution < -0.4 is 10.2 Å². The normalized spacial score (nSPS) is 29.6. The lowest BCUT2D eigenvalue weighted by Crippen LogP contribution is -2.51. The molecule has 2 atom stereocenters. The van der Waals surface area contributed by atoms with Gasteiger partial charge in [0, 0.05) is 29.4 Å². The highest BCUT2D eigenvalue weighted by molar-refractivity contribution is 6.42. The first kappa shape index (κ1) is 31.6. The van der Waals surface area contributed by atoms with Crippen LogP contribution in [0.1, 0.15) is 44.1 Å². The molecule has 0 spiro atoms. The van der Waals surface area contributed by atoms with E-state index in [2.05, 4.69) is 10.4 Å². The van der Waals surface area contributed by atoms with Gasteiger partial charge in [0.15, 0.2) is 23.0 Å². The summed E-state index contributed by atoms with van der Waals surface area (Å²) in [6, 6.07) is 4.23.